The summed E-state index contributed by atoms with van der Waals surface area (Å²) >= 11 is 0. The minimum atomic E-state index is -1.04. The van der Waals surface area contributed by atoms with E-state index in [1.165, 1.54) is 0 Å². The van der Waals surface area contributed by atoms with Gasteiger partial charge in [0.15, 0.2) is 5.75 Å². The summed E-state index contributed by atoms with van der Waals surface area (Å²) in [6.07, 6.45) is 0. The van der Waals surface area contributed by atoms with E-state index >= 15 is 0 Å². The van der Waals surface area contributed by atoms with E-state index in [0.29, 0.717) is 24.5 Å². The zero-order chi connectivity index (χ0) is 14.7. The number of carbonyl (C=O) groups excluding carboxylic acids is 1. The number of hydrogen-bond acceptors (Lipinski definition) is 4. The molecule has 0 saturated carbocycles. The number of carboxylic acid groups (broad SMARTS) is 1. The van der Waals surface area contributed by atoms with Gasteiger partial charge in [-0.05, 0) is 18.1 Å². The predicted molar refractivity (Wildman–Crippen MR) is 74.2 cm³/mol. The van der Waals surface area contributed by atoms with Gasteiger partial charge < -0.3 is 20.5 Å². The van der Waals surface area contributed by atoms with Crippen LogP contribution < -0.4 is 15.4 Å². The molecule has 0 radical (unpaired) electrons. The number of carbonyl (C=O) groups is 2. The van der Waals surface area contributed by atoms with Crippen molar-refractivity contribution < 1.29 is 19.4 Å². The molecule has 0 unspecified atom stereocenters. The summed E-state index contributed by atoms with van der Waals surface area (Å²) in [5.41, 5.74) is 1.10. The van der Waals surface area contributed by atoms with Crippen LogP contribution in [0.25, 0.3) is 0 Å². The van der Waals surface area contributed by atoms with Gasteiger partial charge in [0, 0.05) is 6.54 Å². The first-order valence-corrected chi connectivity index (χ1v) is 6.54. The zero-order valence-electron chi connectivity index (χ0n) is 11.5. The van der Waals surface area contributed by atoms with E-state index < -0.39 is 17.9 Å². The lowest BCUT2D eigenvalue weighted by Gasteiger charge is -2.23. The second-order valence-corrected chi connectivity index (χ2v) is 4.99. The lowest BCUT2D eigenvalue weighted by molar-refractivity contribution is -0.140. The maximum absolute atomic E-state index is 12.3. The number of amides is 1. The number of para-hydroxylation sites is 1. The molecule has 1 aliphatic heterocycles. The summed E-state index contributed by atoms with van der Waals surface area (Å²) in [4.78, 5) is 23.4. The van der Waals surface area contributed by atoms with Gasteiger partial charge >= 0.3 is 5.97 Å². The number of nitrogens with one attached hydrogen (secondary N) is 2. The van der Waals surface area contributed by atoms with E-state index in [4.69, 9.17) is 9.84 Å². The van der Waals surface area contributed by atoms with E-state index in [9.17, 15) is 9.59 Å². The smallest absolute Gasteiger partial charge is 0.326 e. The molecule has 2 rings (SSSR count). The van der Waals surface area contributed by atoms with Crippen molar-refractivity contribution in [3.05, 3.63) is 23.8 Å². The Bertz CT molecular complexity index is 528. The number of rotatable bonds is 4. The third kappa shape index (κ3) is 2.84. The fraction of sp³-hybridized carbons (Fsp3) is 0.429. The summed E-state index contributed by atoms with van der Waals surface area (Å²) in [5, 5.41) is 14.8. The largest absolute Gasteiger partial charge is 0.489 e. The fourth-order valence-corrected chi connectivity index (χ4v) is 2.08. The SMILES string of the molecule is CC(C)[C@@H](NC(=O)c1cccc2c1OCCN2)C(=O)O. The van der Waals surface area contributed by atoms with Crippen LogP contribution in [0.5, 0.6) is 5.75 Å². The lowest BCUT2D eigenvalue weighted by atomic mass is 10.0. The standard InChI is InChI=1S/C14H18N2O4/c1-8(2)11(14(18)19)16-13(17)9-4-3-5-10-12(9)20-7-6-15-10/h3-5,8,11,15H,6-7H2,1-2H3,(H,16,17)(H,18,19)/t11-/m1/s1. The van der Waals surface area contributed by atoms with Crippen molar-refractivity contribution in [3.8, 4) is 5.75 Å². The molecule has 1 heterocycles. The Balaban J connectivity index is 2.23. The van der Waals surface area contributed by atoms with E-state index in [1.54, 1.807) is 26.0 Å². The van der Waals surface area contributed by atoms with E-state index in [1.807, 2.05) is 6.07 Å². The fourth-order valence-electron chi connectivity index (χ4n) is 2.08. The quantitative estimate of drug-likeness (QED) is 0.773. The van der Waals surface area contributed by atoms with Gasteiger partial charge in [0.2, 0.25) is 0 Å². The van der Waals surface area contributed by atoms with E-state index in [-0.39, 0.29) is 5.92 Å². The maximum Gasteiger partial charge on any atom is 0.326 e. The first-order valence-electron chi connectivity index (χ1n) is 6.54. The highest BCUT2D eigenvalue weighted by Gasteiger charge is 2.26. The van der Waals surface area contributed by atoms with Crippen molar-refractivity contribution in [3.63, 3.8) is 0 Å². The predicted octanol–water partition coefficient (Wildman–Crippen LogP) is 1.33. The molecule has 108 valence electrons. The van der Waals surface area contributed by atoms with Gasteiger partial charge in [-0.3, -0.25) is 4.79 Å². The summed E-state index contributed by atoms with van der Waals surface area (Å²) in [6.45, 7) is 4.65. The molecule has 0 bridgehead atoms. The second kappa shape index (κ2) is 5.81. The van der Waals surface area contributed by atoms with Crippen LogP contribution in [0.4, 0.5) is 5.69 Å². The zero-order valence-corrected chi connectivity index (χ0v) is 11.5. The number of fused-ring (bicyclic) bond motifs is 1. The molecule has 0 spiro atoms. The third-order valence-corrected chi connectivity index (χ3v) is 3.14. The average Bonchev–Trinajstić information content (AvgIpc) is 2.43. The van der Waals surface area contributed by atoms with Crippen LogP contribution in [0.2, 0.25) is 0 Å². The molecule has 1 atom stereocenters. The number of hydrogen-bond donors (Lipinski definition) is 3. The topological polar surface area (TPSA) is 87.7 Å². The Morgan fingerprint density at radius 1 is 1.40 bits per heavy atom. The van der Waals surface area contributed by atoms with Gasteiger partial charge in [-0.25, -0.2) is 4.79 Å². The minimum absolute atomic E-state index is 0.199. The van der Waals surface area contributed by atoms with Crippen LogP contribution in [0.3, 0.4) is 0 Å². The Labute approximate surface area is 117 Å². The monoisotopic (exact) mass is 278 g/mol. The van der Waals surface area contributed by atoms with Gasteiger partial charge in [0.1, 0.15) is 12.6 Å². The van der Waals surface area contributed by atoms with Gasteiger partial charge in [-0.2, -0.15) is 0 Å². The lowest BCUT2D eigenvalue weighted by Crippen LogP contribution is -2.44. The molecule has 6 nitrogen and oxygen atoms in total. The van der Waals surface area contributed by atoms with Gasteiger partial charge in [-0.15, -0.1) is 0 Å². The van der Waals surface area contributed by atoms with Crippen LogP contribution in [-0.2, 0) is 4.79 Å². The molecule has 0 aliphatic carbocycles. The van der Waals surface area contributed by atoms with Crippen molar-refractivity contribution in [1.29, 1.82) is 0 Å². The van der Waals surface area contributed by atoms with Crippen LogP contribution in [0, 0.1) is 5.92 Å². The van der Waals surface area contributed by atoms with Crippen LogP contribution in [0.1, 0.15) is 24.2 Å². The van der Waals surface area contributed by atoms with Crippen LogP contribution in [-0.4, -0.2) is 36.2 Å². The minimum Gasteiger partial charge on any atom is -0.489 e. The Kier molecular flexibility index (Phi) is 4.12. The molecule has 3 N–H and O–H groups in total. The highest BCUT2D eigenvalue weighted by Crippen LogP contribution is 2.31. The Morgan fingerprint density at radius 3 is 2.80 bits per heavy atom. The summed E-state index contributed by atoms with van der Waals surface area (Å²) < 4.78 is 5.51. The molecule has 0 fully saturated rings. The second-order valence-electron chi connectivity index (χ2n) is 4.99. The Morgan fingerprint density at radius 2 is 2.15 bits per heavy atom. The first-order chi connectivity index (χ1) is 9.50. The van der Waals surface area contributed by atoms with E-state index in [2.05, 4.69) is 10.6 Å². The van der Waals surface area contributed by atoms with Crippen LogP contribution in [0.15, 0.2) is 18.2 Å². The maximum atomic E-state index is 12.3. The number of anilines is 1. The van der Waals surface area contributed by atoms with Gasteiger partial charge in [0.05, 0.1) is 11.3 Å². The molecule has 1 aromatic rings. The molecular formula is C14H18N2O4. The van der Waals surface area contributed by atoms with Gasteiger partial charge in [-0.1, -0.05) is 19.9 Å². The molecular weight excluding hydrogens is 260 g/mol. The van der Waals surface area contributed by atoms with Crippen molar-refractivity contribution in [2.24, 2.45) is 5.92 Å². The normalized spacial score (nSPS) is 14.8. The number of benzene rings is 1. The molecule has 20 heavy (non-hydrogen) atoms. The molecule has 6 heteroatoms. The first kappa shape index (κ1) is 14.2. The van der Waals surface area contributed by atoms with Crippen molar-refractivity contribution in [1.82, 2.24) is 5.32 Å². The molecule has 1 amide bonds. The summed E-state index contributed by atoms with van der Waals surface area (Å²) in [5.74, 6) is -1.21. The number of aliphatic carboxylic acids is 1. The summed E-state index contributed by atoms with van der Waals surface area (Å²) in [7, 11) is 0. The van der Waals surface area contributed by atoms with E-state index in [0.717, 1.165) is 5.69 Å². The highest BCUT2D eigenvalue weighted by molar-refractivity contribution is 6.00. The molecule has 1 aromatic carbocycles. The number of carboxylic acids is 1. The molecule has 0 saturated heterocycles. The third-order valence-electron chi connectivity index (χ3n) is 3.14. The molecule has 1 aliphatic rings. The van der Waals surface area contributed by atoms with Crippen LogP contribution >= 0.6 is 0 Å². The van der Waals surface area contributed by atoms with Crippen molar-refractivity contribution in [2.45, 2.75) is 19.9 Å². The number of ether oxygens (including phenoxy) is 1. The Hall–Kier alpha value is -2.24. The van der Waals surface area contributed by atoms with Crippen molar-refractivity contribution in [2.75, 3.05) is 18.5 Å². The highest BCUT2D eigenvalue weighted by atomic mass is 16.5. The van der Waals surface area contributed by atoms with Gasteiger partial charge in [0.25, 0.3) is 5.91 Å². The molecule has 0 aromatic heterocycles. The average molecular weight is 278 g/mol. The van der Waals surface area contributed by atoms with Crippen molar-refractivity contribution >= 4 is 17.6 Å². The summed E-state index contributed by atoms with van der Waals surface area (Å²) in [6, 6.07) is 4.26.